The predicted octanol–water partition coefficient (Wildman–Crippen LogP) is 2.04. The molecule has 0 atom stereocenters. The van der Waals surface area contributed by atoms with Crippen molar-refractivity contribution in [3.8, 4) is 11.4 Å². The zero-order valence-corrected chi connectivity index (χ0v) is 15.9. The minimum atomic E-state index is -0.0271. The minimum Gasteiger partial charge on any atom is -0.317 e. The van der Waals surface area contributed by atoms with Gasteiger partial charge in [-0.15, -0.1) is 0 Å². The van der Waals surface area contributed by atoms with Crippen molar-refractivity contribution in [2.75, 3.05) is 13.1 Å². The topological polar surface area (TPSA) is 90.0 Å². The van der Waals surface area contributed by atoms with Crippen LogP contribution in [0.25, 0.3) is 28.1 Å². The molecule has 0 aliphatic carbocycles. The molecule has 0 saturated carbocycles. The van der Waals surface area contributed by atoms with Gasteiger partial charge in [0.1, 0.15) is 12.0 Å². The van der Waals surface area contributed by atoms with Crippen LogP contribution in [0.4, 0.5) is 0 Å². The molecular weight excluding hydrogens is 354 g/mol. The molecule has 8 heteroatoms. The Labute approximate surface area is 161 Å². The van der Waals surface area contributed by atoms with Crippen molar-refractivity contribution in [3.63, 3.8) is 0 Å². The Hall–Kier alpha value is -3.13. The number of pyridine rings is 1. The van der Waals surface area contributed by atoms with Crippen molar-refractivity contribution < 1.29 is 0 Å². The monoisotopic (exact) mass is 375 g/mol. The number of aryl methyl sites for hydroxylation is 2. The summed E-state index contributed by atoms with van der Waals surface area (Å²) in [6.07, 6.45) is 5.40. The number of hydrogen-bond acceptors (Lipinski definition) is 6. The average molecular weight is 375 g/mol. The number of imidazole rings is 1. The van der Waals surface area contributed by atoms with E-state index in [0.29, 0.717) is 16.7 Å². The van der Waals surface area contributed by atoms with E-state index in [1.54, 1.807) is 15.4 Å². The highest BCUT2D eigenvalue weighted by molar-refractivity contribution is 5.76. The van der Waals surface area contributed by atoms with Gasteiger partial charge in [0.05, 0.1) is 23.0 Å². The fraction of sp³-hybridized carbons (Fsp3) is 0.350. The molecule has 1 aliphatic rings. The third kappa shape index (κ3) is 2.77. The van der Waals surface area contributed by atoms with E-state index in [9.17, 15) is 4.79 Å². The molecule has 1 N–H and O–H groups in total. The van der Waals surface area contributed by atoms with Crippen LogP contribution >= 0.6 is 0 Å². The lowest BCUT2D eigenvalue weighted by molar-refractivity contribution is 0.359. The SMILES string of the molecule is Cc1cn2nc(-c3ccc4c(=O)n(C5CCNCC5)cnc4n3)cc(C)c2n1. The Bertz CT molecular complexity index is 1250. The van der Waals surface area contributed by atoms with Gasteiger partial charge in [0.25, 0.3) is 5.56 Å². The maximum absolute atomic E-state index is 12.9. The van der Waals surface area contributed by atoms with Gasteiger partial charge in [-0.2, -0.15) is 5.10 Å². The molecule has 1 saturated heterocycles. The molecule has 5 rings (SSSR count). The molecule has 0 unspecified atom stereocenters. The Morgan fingerprint density at radius 2 is 1.93 bits per heavy atom. The van der Waals surface area contributed by atoms with Gasteiger partial charge in [0, 0.05) is 6.04 Å². The van der Waals surface area contributed by atoms with E-state index in [2.05, 4.69) is 25.4 Å². The number of nitrogens with zero attached hydrogens (tertiary/aromatic N) is 6. The molecule has 142 valence electrons. The van der Waals surface area contributed by atoms with Crippen LogP contribution in [-0.4, -0.2) is 42.2 Å². The molecule has 8 nitrogen and oxygen atoms in total. The maximum atomic E-state index is 12.9. The second-order valence-corrected chi connectivity index (χ2v) is 7.37. The number of nitrogens with one attached hydrogen (secondary N) is 1. The summed E-state index contributed by atoms with van der Waals surface area (Å²) in [7, 11) is 0. The van der Waals surface area contributed by atoms with Crippen LogP contribution in [-0.2, 0) is 0 Å². The van der Waals surface area contributed by atoms with Crippen LogP contribution in [0.1, 0.15) is 30.1 Å². The molecule has 5 heterocycles. The van der Waals surface area contributed by atoms with E-state index in [-0.39, 0.29) is 11.6 Å². The van der Waals surface area contributed by atoms with Gasteiger partial charge in [-0.3, -0.25) is 9.36 Å². The summed E-state index contributed by atoms with van der Waals surface area (Å²) in [6.45, 7) is 5.80. The Morgan fingerprint density at radius 3 is 2.75 bits per heavy atom. The van der Waals surface area contributed by atoms with Crippen molar-refractivity contribution in [1.29, 1.82) is 0 Å². The lowest BCUT2D eigenvalue weighted by atomic mass is 10.1. The largest absolute Gasteiger partial charge is 0.317 e. The molecule has 1 aliphatic heterocycles. The van der Waals surface area contributed by atoms with Gasteiger partial charge in [0.15, 0.2) is 11.3 Å². The summed E-state index contributed by atoms with van der Waals surface area (Å²) >= 11 is 0. The third-order valence-electron chi connectivity index (χ3n) is 5.34. The number of rotatable bonds is 2. The van der Waals surface area contributed by atoms with E-state index in [4.69, 9.17) is 0 Å². The lowest BCUT2D eigenvalue weighted by Gasteiger charge is -2.24. The molecule has 0 radical (unpaired) electrons. The van der Waals surface area contributed by atoms with Crippen LogP contribution in [0.15, 0.2) is 35.5 Å². The van der Waals surface area contributed by atoms with E-state index in [1.165, 1.54) is 0 Å². The number of aromatic nitrogens is 6. The standard InChI is InChI=1S/C20H21N7O/c1-12-9-17(25-27-10-13(2)23-19(12)27)16-4-3-15-18(24-16)22-11-26(20(15)28)14-5-7-21-8-6-14/h3-4,9-11,14,21H,5-8H2,1-2H3. The molecule has 28 heavy (non-hydrogen) atoms. The quantitative estimate of drug-likeness (QED) is 0.577. The summed E-state index contributed by atoms with van der Waals surface area (Å²) in [4.78, 5) is 26.5. The highest BCUT2D eigenvalue weighted by Gasteiger charge is 2.18. The summed E-state index contributed by atoms with van der Waals surface area (Å²) in [6, 6.07) is 5.81. The van der Waals surface area contributed by atoms with Crippen LogP contribution in [0.2, 0.25) is 0 Å². The number of fused-ring (bicyclic) bond motifs is 2. The Morgan fingerprint density at radius 1 is 1.11 bits per heavy atom. The first kappa shape index (κ1) is 17.0. The summed E-state index contributed by atoms with van der Waals surface area (Å²) in [5, 5.41) is 8.49. The molecule has 0 aromatic carbocycles. The molecule has 0 amide bonds. The van der Waals surface area contributed by atoms with Gasteiger partial charge < -0.3 is 5.32 Å². The molecule has 0 spiro atoms. The molecular formula is C20H21N7O. The Kier molecular flexibility index (Phi) is 3.94. The first-order valence-corrected chi connectivity index (χ1v) is 9.53. The van der Waals surface area contributed by atoms with E-state index in [0.717, 1.165) is 48.5 Å². The number of hydrogen-bond donors (Lipinski definition) is 1. The highest BCUT2D eigenvalue weighted by atomic mass is 16.1. The first-order valence-electron chi connectivity index (χ1n) is 9.53. The van der Waals surface area contributed by atoms with Crippen molar-refractivity contribution in [3.05, 3.63) is 52.3 Å². The van der Waals surface area contributed by atoms with E-state index in [1.807, 2.05) is 38.2 Å². The van der Waals surface area contributed by atoms with Gasteiger partial charge in [-0.25, -0.2) is 19.5 Å². The highest BCUT2D eigenvalue weighted by Crippen LogP contribution is 2.21. The molecule has 4 aromatic rings. The van der Waals surface area contributed by atoms with Gasteiger partial charge in [-0.1, -0.05) is 0 Å². The average Bonchev–Trinajstić information content (AvgIpc) is 3.09. The third-order valence-corrected chi connectivity index (χ3v) is 5.34. The normalized spacial score (nSPS) is 15.5. The fourth-order valence-electron chi connectivity index (χ4n) is 3.88. The zero-order chi connectivity index (χ0) is 19.3. The summed E-state index contributed by atoms with van der Waals surface area (Å²) in [5.74, 6) is 0. The van der Waals surface area contributed by atoms with Crippen molar-refractivity contribution in [2.24, 2.45) is 0 Å². The van der Waals surface area contributed by atoms with Gasteiger partial charge >= 0.3 is 0 Å². The Balaban J connectivity index is 1.59. The lowest BCUT2D eigenvalue weighted by Crippen LogP contribution is -2.34. The minimum absolute atomic E-state index is 0.0271. The molecule has 0 bridgehead atoms. The second-order valence-electron chi connectivity index (χ2n) is 7.37. The van der Waals surface area contributed by atoms with E-state index >= 15 is 0 Å². The first-order chi connectivity index (χ1) is 13.6. The predicted molar refractivity (Wildman–Crippen MR) is 106 cm³/mol. The van der Waals surface area contributed by atoms with Gasteiger partial charge in [-0.05, 0) is 63.5 Å². The molecule has 4 aromatic heterocycles. The van der Waals surface area contributed by atoms with Crippen molar-refractivity contribution >= 4 is 16.7 Å². The van der Waals surface area contributed by atoms with Crippen molar-refractivity contribution in [1.82, 2.24) is 34.4 Å². The summed E-state index contributed by atoms with van der Waals surface area (Å²) in [5.41, 5.74) is 4.62. The van der Waals surface area contributed by atoms with Crippen LogP contribution in [0.5, 0.6) is 0 Å². The van der Waals surface area contributed by atoms with Crippen LogP contribution < -0.4 is 10.9 Å². The summed E-state index contributed by atoms with van der Waals surface area (Å²) < 4.78 is 3.53. The maximum Gasteiger partial charge on any atom is 0.263 e. The second kappa shape index (κ2) is 6.49. The zero-order valence-electron chi connectivity index (χ0n) is 15.9. The smallest absolute Gasteiger partial charge is 0.263 e. The van der Waals surface area contributed by atoms with Crippen LogP contribution in [0, 0.1) is 13.8 Å². The van der Waals surface area contributed by atoms with E-state index < -0.39 is 0 Å². The van der Waals surface area contributed by atoms with Gasteiger partial charge in [0.2, 0.25) is 0 Å². The van der Waals surface area contributed by atoms with Crippen molar-refractivity contribution in [2.45, 2.75) is 32.7 Å². The van der Waals surface area contributed by atoms with Crippen LogP contribution in [0.3, 0.4) is 0 Å². The molecule has 1 fully saturated rings. The number of piperidine rings is 1. The fourth-order valence-corrected chi connectivity index (χ4v) is 3.88.